The smallest absolute Gasteiger partial charge is 0.317 e. The van der Waals surface area contributed by atoms with Crippen molar-refractivity contribution in [1.29, 1.82) is 0 Å². The molecule has 23 heavy (non-hydrogen) atoms. The van der Waals surface area contributed by atoms with Gasteiger partial charge in [-0.05, 0) is 25.7 Å². The first-order chi connectivity index (χ1) is 11.3. The van der Waals surface area contributed by atoms with Crippen LogP contribution in [0.1, 0.15) is 43.3 Å². The lowest BCUT2D eigenvalue weighted by Crippen LogP contribution is -2.46. The topological polar surface area (TPSA) is 89.7 Å². The third-order valence-corrected chi connectivity index (χ3v) is 4.18. The number of methoxy groups -OCH3 is 1. The number of hydrogen-bond acceptors (Lipinski definition) is 6. The Morgan fingerprint density at radius 1 is 1.35 bits per heavy atom. The van der Waals surface area contributed by atoms with E-state index in [2.05, 4.69) is 15.5 Å². The summed E-state index contributed by atoms with van der Waals surface area (Å²) < 4.78 is 16.0. The minimum atomic E-state index is -0.0357. The molecule has 1 N–H and O–H groups in total. The monoisotopic (exact) mass is 324 g/mol. The highest BCUT2D eigenvalue weighted by atomic mass is 16.5. The predicted molar refractivity (Wildman–Crippen MR) is 80.9 cm³/mol. The van der Waals surface area contributed by atoms with Crippen LogP contribution in [0.3, 0.4) is 0 Å². The van der Waals surface area contributed by atoms with Crippen LogP contribution in [0.5, 0.6) is 0 Å². The molecule has 2 amide bonds. The first-order valence-electron chi connectivity index (χ1n) is 8.22. The van der Waals surface area contributed by atoms with E-state index in [0.29, 0.717) is 44.7 Å². The van der Waals surface area contributed by atoms with Crippen LogP contribution in [-0.2, 0) is 16.1 Å². The average molecular weight is 324 g/mol. The van der Waals surface area contributed by atoms with Gasteiger partial charge >= 0.3 is 6.03 Å². The van der Waals surface area contributed by atoms with Gasteiger partial charge in [0.2, 0.25) is 0 Å². The molecule has 1 saturated heterocycles. The number of amides is 2. The van der Waals surface area contributed by atoms with E-state index in [1.54, 1.807) is 7.11 Å². The van der Waals surface area contributed by atoms with Crippen molar-refractivity contribution in [2.24, 2.45) is 0 Å². The quantitative estimate of drug-likeness (QED) is 0.760. The molecule has 8 nitrogen and oxygen atoms in total. The van der Waals surface area contributed by atoms with E-state index in [1.165, 1.54) is 0 Å². The third kappa shape index (κ3) is 4.65. The maximum Gasteiger partial charge on any atom is 0.317 e. The van der Waals surface area contributed by atoms with Crippen molar-refractivity contribution in [3.63, 3.8) is 0 Å². The number of hydrogen-bond donors (Lipinski definition) is 1. The van der Waals surface area contributed by atoms with Gasteiger partial charge < -0.3 is 24.2 Å². The van der Waals surface area contributed by atoms with Crippen LogP contribution in [0.25, 0.3) is 0 Å². The Morgan fingerprint density at radius 3 is 2.83 bits per heavy atom. The molecule has 0 spiro atoms. The lowest BCUT2D eigenvalue weighted by atomic mass is 10.1. The van der Waals surface area contributed by atoms with E-state index in [-0.39, 0.29) is 12.1 Å². The van der Waals surface area contributed by atoms with Crippen molar-refractivity contribution in [3.8, 4) is 0 Å². The number of rotatable bonds is 7. The second-order valence-electron chi connectivity index (χ2n) is 6.04. The molecule has 1 aromatic rings. The van der Waals surface area contributed by atoms with Crippen molar-refractivity contribution in [2.45, 2.75) is 44.3 Å². The fourth-order valence-electron chi connectivity index (χ4n) is 2.62. The predicted octanol–water partition coefficient (Wildman–Crippen LogP) is 1.28. The summed E-state index contributed by atoms with van der Waals surface area (Å²) in [6.45, 7) is 2.80. The van der Waals surface area contributed by atoms with Crippen molar-refractivity contribution < 1.29 is 18.8 Å². The zero-order valence-electron chi connectivity index (χ0n) is 13.5. The lowest BCUT2D eigenvalue weighted by molar-refractivity contribution is -0.00617. The second-order valence-corrected chi connectivity index (χ2v) is 6.04. The normalized spacial score (nSPS) is 19.1. The minimum Gasteiger partial charge on any atom is -0.383 e. The maximum absolute atomic E-state index is 11.9. The molecule has 0 atom stereocenters. The summed E-state index contributed by atoms with van der Waals surface area (Å²) in [6.07, 6.45) is 4.09. The SMILES string of the molecule is COCCNC(=O)N1CCC(OCc2nc(C3CC3)no2)CC1. The zero-order chi connectivity index (χ0) is 16.1. The molecule has 8 heteroatoms. The van der Waals surface area contributed by atoms with Gasteiger partial charge in [0.25, 0.3) is 5.89 Å². The van der Waals surface area contributed by atoms with Gasteiger partial charge in [-0.2, -0.15) is 4.98 Å². The Hall–Kier alpha value is -1.67. The molecule has 2 fully saturated rings. The number of carbonyl (C=O) groups is 1. The first-order valence-corrected chi connectivity index (χ1v) is 8.22. The van der Waals surface area contributed by atoms with Gasteiger partial charge in [0.05, 0.1) is 12.7 Å². The van der Waals surface area contributed by atoms with Gasteiger partial charge in [0.15, 0.2) is 5.82 Å². The van der Waals surface area contributed by atoms with E-state index in [9.17, 15) is 4.79 Å². The Labute approximate surface area is 135 Å². The van der Waals surface area contributed by atoms with Gasteiger partial charge in [-0.3, -0.25) is 0 Å². The molecule has 1 saturated carbocycles. The molecule has 0 aromatic carbocycles. The maximum atomic E-state index is 11.9. The Morgan fingerprint density at radius 2 is 2.13 bits per heavy atom. The number of piperidine rings is 1. The number of urea groups is 1. The summed E-state index contributed by atoms with van der Waals surface area (Å²) >= 11 is 0. The third-order valence-electron chi connectivity index (χ3n) is 4.18. The van der Waals surface area contributed by atoms with E-state index in [4.69, 9.17) is 14.0 Å². The van der Waals surface area contributed by atoms with Gasteiger partial charge in [0, 0.05) is 32.7 Å². The molecule has 1 aliphatic carbocycles. The second kappa shape index (κ2) is 7.74. The standard InChI is InChI=1S/C15H24N4O4/c1-21-9-6-16-15(20)19-7-4-12(5-8-19)22-10-13-17-14(18-23-13)11-2-3-11/h11-12H,2-10H2,1H3,(H,16,20). The van der Waals surface area contributed by atoms with E-state index < -0.39 is 0 Å². The Kier molecular flexibility index (Phi) is 5.45. The number of nitrogens with zero attached hydrogens (tertiary/aromatic N) is 3. The van der Waals surface area contributed by atoms with Crippen LogP contribution >= 0.6 is 0 Å². The number of nitrogens with one attached hydrogen (secondary N) is 1. The molecule has 3 rings (SSSR count). The highest BCUT2D eigenvalue weighted by molar-refractivity contribution is 5.74. The largest absolute Gasteiger partial charge is 0.383 e. The molecule has 0 bridgehead atoms. The zero-order valence-corrected chi connectivity index (χ0v) is 13.5. The van der Waals surface area contributed by atoms with Crippen molar-refractivity contribution in [2.75, 3.05) is 33.4 Å². The molecular formula is C15H24N4O4. The lowest BCUT2D eigenvalue weighted by Gasteiger charge is -2.31. The number of aromatic nitrogens is 2. The van der Waals surface area contributed by atoms with Crippen LogP contribution in [0.15, 0.2) is 4.52 Å². The van der Waals surface area contributed by atoms with Gasteiger partial charge in [-0.25, -0.2) is 4.79 Å². The van der Waals surface area contributed by atoms with Gasteiger partial charge in [-0.1, -0.05) is 5.16 Å². The molecule has 2 heterocycles. The molecule has 0 unspecified atom stereocenters. The molecule has 0 radical (unpaired) electrons. The molecular weight excluding hydrogens is 300 g/mol. The summed E-state index contributed by atoms with van der Waals surface area (Å²) in [6, 6.07) is -0.0357. The van der Waals surface area contributed by atoms with Crippen LogP contribution in [-0.4, -0.2) is 60.5 Å². The van der Waals surface area contributed by atoms with Crippen LogP contribution in [0.2, 0.25) is 0 Å². The van der Waals surface area contributed by atoms with Crippen LogP contribution in [0, 0.1) is 0 Å². The van der Waals surface area contributed by atoms with E-state index in [1.807, 2.05) is 4.90 Å². The summed E-state index contributed by atoms with van der Waals surface area (Å²) in [7, 11) is 1.62. The number of ether oxygens (including phenoxy) is 2. The number of carbonyl (C=O) groups excluding carboxylic acids is 1. The minimum absolute atomic E-state index is 0.0357. The average Bonchev–Trinajstić information content (AvgIpc) is 3.32. The van der Waals surface area contributed by atoms with E-state index >= 15 is 0 Å². The van der Waals surface area contributed by atoms with Crippen LogP contribution < -0.4 is 5.32 Å². The summed E-state index contributed by atoms with van der Waals surface area (Å²) in [5.74, 6) is 1.85. The highest BCUT2D eigenvalue weighted by Crippen LogP contribution is 2.38. The van der Waals surface area contributed by atoms with Gasteiger partial charge in [0.1, 0.15) is 6.61 Å². The van der Waals surface area contributed by atoms with E-state index in [0.717, 1.165) is 31.5 Å². The first kappa shape index (κ1) is 16.2. The van der Waals surface area contributed by atoms with Crippen molar-refractivity contribution in [1.82, 2.24) is 20.4 Å². The Bertz CT molecular complexity index is 509. The fourth-order valence-corrected chi connectivity index (χ4v) is 2.62. The summed E-state index contributed by atoms with van der Waals surface area (Å²) in [5, 5.41) is 6.81. The summed E-state index contributed by atoms with van der Waals surface area (Å²) in [4.78, 5) is 18.1. The molecule has 1 aromatic heterocycles. The molecule has 2 aliphatic rings. The van der Waals surface area contributed by atoms with Crippen molar-refractivity contribution in [3.05, 3.63) is 11.7 Å². The highest BCUT2D eigenvalue weighted by Gasteiger charge is 2.29. The molecule has 1 aliphatic heterocycles. The summed E-state index contributed by atoms with van der Waals surface area (Å²) in [5.41, 5.74) is 0. The number of likely N-dealkylation sites (tertiary alicyclic amines) is 1. The molecule has 128 valence electrons. The van der Waals surface area contributed by atoms with Crippen molar-refractivity contribution >= 4 is 6.03 Å². The van der Waals surface area contributed by atoms with Crippen LogP contribution in [0.4, 0.5) is 4.79 Å². The Balaban J connectivity index is 1.34. The van der Waals surface area contributed by atoms with Gasteiger partial charge in [-0.15, -0.1) is 0 Å². The fraction of sp³-hybridized carbons (Fsp3) is 0.800.